The van der Waals surface area contributed by atoms with Crippen LogP contribution < -0.4 is 0 Å². The van der Waals surface area contributed by atoms with Gasteiger partial charge in [-0.25, -0.2) is 4.79 Å². The van der Waals surface area contributed by atoms with Gasteiger partial charge in [-0.2, -0.15) is 0 Å². The molecule has 5 heteroatoms. The van der Waals surface area contributed by atoms with Crippen molar-refractivity contribution in [3.63, 3.8) is 0 Å². The number of halogens is 2. The number of carboxylic acids is 1. The molecule has 1 N–H and O–H groups in total. The van der Waals surface area contributed by atoms with Gasteiger partial charge >= 0.3 is 5.97 Å². The highest BCUT2D eigenvalue weighted by molar-refractivity contribution is 6.35. The Hall–Kier alpha value is -1.45. The highest BCUT2D eigenvalue weighted by atomic mass is 35.5. The van der Waals surface area contributed by atoms with Crippen molar-refractivity contribution in [2.24, 2.45) is 0 Å². The van der Waals surface area contributed by atoms with Crippen LogP contribution in [0.4, 0.5) is 0 Å². The Morgan fingerprint density at radius 1 is 1.33 bits per heavy atom. The zero-order valence-electron chi connectivity index (χ0n) is 9.65. The highest BCUT2D eigenvalue weighted by Crippen LogP contribution is 2.23. The van der Waals surface area contributed by atoms with Gasteiger partial charge in [0.25, 0.3) is 0 Å². The summed E-state index contributed by atoms with van der Waals surface area (Å²) in [6, 6.07) is 6.95. The molecule has 0 atom stereocenters. The predicted molar refractivity (Wildman–Crippen MR) is 71.7 cm³/mol. The van der Waals surface area contributed by atoms with Crippen LogP contribution in [-0.4, -0.2) is 15.6 Å². The van der Waals surface area contributed by atoms with Gasteiger partial charge < -0.3 is 9.67 Å². The van der Waals surface area contributed by atoms with Gasteiger partial charge in [-0.05, 0) is 36.2 Å². The van der Waals surface area contributed by atoms with E-state index in [0.717, 1.165) is 11.1 Å². The number of aromatic carboxylic acids is 1. The third kappa shape index (κ3) is 2.52. The quantitative estimate of drug-likeness (QED) is 0.930. The molecule has 18 heavy (non-hydrogen) atoms. The number of hydrogen-bond donors (Lipinski definition) is 1. The van der Waals surface area contributed by atoms with E-state index in [1.807, 2.05) is 0 Å². The summed E-state index contributed by atoms with van der Waals surface area (Å²) in [5.41, 5.74) is 1.84. The SMILES string of the molecule is Cc1ccn(Cc2ccc(Cl)cc2Cl)c1C(=O)O. The number of aryl methyl sites for hydroxylation is 1. The van der Waals surface area contributed by atoms with Crippen LogP contribution in [0.15, 0.2) is 30.5 Å². The molecule has 1 aromatic heterocycles. The molecular formula is C13H11Cl2NO2. The van der Waals surface area contributed by atoms with E-state index in [9.17, 15) is 4.79 Å². The van der Waals surface area contributed by atoms with Crippen LogP contribution in [0, 0.1) is 6.92 Å². The lowest BCUT2D eigenvalue weighted by Gasteiger charge is -2.09. The molecular weight excluding hydrogens is 273 g/mol. The molecule has 0 bridgehead atoms. The zero-order valence-corrected chi connectivity index (χ0v) is 11.2. The molecule has 0 saturated heterocycles. The van der Waals surface area contributed by atoms with Gasteiger partial charge in [0.1, 0.15) is 5.69 Å². The van der Waals surface area contributed by atoms with Crippen molar-refractivity contribution < 1.29 is 9.90 Å². The van der Waals surface area contributed by atoms with Crippen molar-refractivity contribution in [3.05, 3.63) is 57.3 Å². The maximum atomic E-state index is 11.2. The second-order valence-electron chi connectivity index (χ2n) is 4.02. The number of hydrogen-bond acceptors (Lipinski definition) is 1. The molecule has 2 aromatic rings. The van der Waals surface area contributed by atoms with Gasteiger partial charge in [0, 0.05) is 22.8 Å². The summed E-state index contributed by atoms with van der Waals surface area (Å²) in [6.45, 7) is 2.18. The van der Waals surface area contributed by atoms with Crippen LogP contribution in [-0.2, 0) is 6.54 Å². The van der Waals surface area contributed by atoms with E-state index in [0.29, 0.717) is 16.6 Å². The summed E-state index contributed by atoms with van der Waals surface area (Å²) in [5, 5.41) is 10.2. The van der Waals surface area contributed by atoms with Gasteiger partial charge in [-0.15, -0.1) is 0 Å². The normalized spacial score (nSPS) is 10.6. The van der Waals surface area contributed by atoms with E-state index in [4.69, 9.17) is 28.3 Å². The fourth-order valence-electron chi connectivity index (χ4n) is 1.84. The standard InChI is InChI=1S/C13H11Cl2NO2/c1-8-4-5-16(12(8)13(17)18)7-9-2-3-10(14)6-11(9)15/h2-6H,7H2,1H3,(H,17,18). The maximum absolute atomic E-state index is 11.2. The fourth-order valence-corrected chi connectivity index (χ4v) is 2.31. The van der Waals surface area contributed by atoms with Crippen LogP contribution in [0.5, 0.6) is 0 Å². The number of nitrogens with zero attached hydrogens (tertiary/aromatic N) is 1. The summed E-state index contributed by atoms with van der Waals surface area (Å²) in [7, 11) is 0. The molecule has 3 nitrogen and oxygen atoms in total. The zero-order chi connectivity index (χ0) is 13.3. The van der Waals surface area contributed by atoms with Crippen molar-refractivity contribution in [1.29, 1.82) is 0 Å². The number of aromatic nitrogens is 1. The minimum atomic E-state index is -0.942. The van der Waals surface area contributed by atoms with E-state index < -0.39 is 5.97 Å². The number of carbonyl (C=O) groups is 1. The number of benzene rings is 1. The minimum absolute atomic E-state index is 0.279. The smallest absolute Gasteiger partial charge is 0.352 e. The summed E-state index contributed by atoms with van der Waals surface area (Å²) in [6.07, 6.45) is 1.74. The van der Waals surface area contributed by atoms with Gasteiger partial charge in [0.2, 0.25) is 0 Å². The monoisotopic (exact) mass is 283 g/mol. The Kier molecular flexibility index (Phi) is 3.64. The summed E-state index contributed by atoms with van der Waals surface area (Å²) < 4.78 is 1.66. The average Bonchev–Trinajstić information content (AvgIpc) is 2.64. The fraction of sp³-hybridized carbons (Fsp3) is 0.154. The summed E-state index contributed by atoms with van der Waals surface area (Å²) in [5.74, 6) is -0.942. The molecule has 0 spiro atoms. The van der Waals surface area contributed by atoms with Crippen molar-refractivity contribution in [1.82, 2.24) is 4.57 Å². The van der Waals surface area contributed by atoms with Gasteiger partial charge in [-0.1, -0.05) is 29.3 Å². The van der Waals surface area contributed by atoms with Crippen LogP contribution in [0.25, 0.3) is 0 Å². The first kappa shape index (κ1) is 13.0. The first-order valence-corrected chi connectivity index (χ1v) is 6.07. The van der Waals surface area contributed by atoms with Gasteiger partial charge in [-0.3, -0.25) is 0 Å². The van der Waals surface area contributed by atoms with Crippen LogP contribution in [0.1, 0.15) is 21.6 Å². The van der Waals surface area contributed by atoms with E-state index in [2.05, 4.69) is 0 Å². The van der Waals surface area contributed by atoms with E-state index >= 15 is 0 Å². The molecule has 94 valence electrons. The number of rotatable bonds is 3. The second-order valence-corrected chi connectivity index (χ2v) is 4.86. The molecule has 0 aliphatic rings. The molecule has 0 unspecified atom stereocenters. The third-order valence-corrected chi connectivity index (χ3v) is 3.31. The van der Waals surface area contributed by atoms with Crippen LogP contribution in [0.3, 0.4) is 0 Å². The lowest BCUT2D eigenvalue weighted by atomic mass is 10.2. The van der Waals surface area contributed by atoms with E-state index in [-0.39, 0.29) is 5.69 Å². The molecule has 1 heterocycles. The molecule has 0 aliphatic heterocycles. The molecule has 0 aliphatic carbocycles. The van der Waals surface area contributed by atoms with Crippen molar-refractivity contribution in [2.45, 2.75) is 13.5 Å². The highest BCUT2D eigenvalue weighted by Gasteiger charge is 2.14. The van der Waals surface area contributed by atoms with Crippen molar-refractivity contribution in [3.8, 4) is 0 Å². The van der Waals surface area contributed by atoms with Gasteiger partial charge in [0.05, 0.1) is 0 Å². The van der Waals surface area contributed by atoms with Crippen molar-refractivity contribution in [2.75, 3.05) is 0 Å². The molecule has 2 rings (SSSR count). The van der Waals surface area contributed by atoms with Gasteiger partial charge in [0.15, 0.2) is 0 Å². The van der Waals surface area contributed by atoms with Crippen LogP contribution >= 0.6 is 23.2 Å². The first-order chi connectivity index (χ1) is 8.49. The Morgan fingerprint density at radius 3 is 2.67 bits per heavy atom. The molecule has 0 saturated carbocycles. The maximum Gasteiger partial charge on any atom is 0.352 e. The Bertz CT molecular complexity index is 605. The Morgan fingerprint density at radius 2 is 2.06 bits per heavy atom. The Labute approximate surface area is 115 Å². The Balaban J connectivity index is 2.37. The molecule has 0 fully saturated rings. The lowest BCUT2D eigenvalue weighted by Crippen LogP contribution is -2.10. The van der Waals surface area contributed by atoms with E-state index in [1.165, 1.54) is 0 Å². The number of carboxylic acid groups (broad SMARTS) is 1. The van der Waals surface area contributed by atoms with Crippen LogP contribution in [0.2, 0.25) is 10.0 Å². The topological polar surface area (TPSA) is 42.2 Å². The molecule has 1 aromatic carbocycles. The molecule has 0 radical (unpaired) electrons. The van der Waals surface area contributed by atoms with Crippen molar-refractivity contribution >= 4 is 29.2 Å². The lowest BCUT2D eigenvalue weighted by molar-refractivity contribution is 0.0685. The second kappa shape index (κ2) is 5.04. The summed E-state index contributed by atoms with van der Waals surface area (Å²) in [4.78, 5) is 11.2. The summed E-state index contributed by atoms with van der Waals surface area (Å²) >= 11 is 11.9. The minimum Gasteiger partial charge on any atom is -0.477 e. The first-order valence-electron chi connectivity index (χ1n) is 5.32. The predicted octanol–water partition coefficient (Wildman–Crippen LogP) is 3.85. The average molecular weight is 284 g/mol. The molecule has 0 amide bonds. The van der Waals surface area contributed by atoms with E-state index in [1.54, 1.807) is 42.0 Å². The largest absolute Gasteiger partial charge is 0.477 e. The third-order valence-electron chi connectivity index (χ3n) is 2.72.